The van der Waals surface area contributed by atoms with Crippen molar-refractivity contribution in [3.05, 3.63) is 33.4 Å². The van der Waals surface area contributed by atoms with Crippen LogP contribution in [0.2, 0.25) is 4.47 Å². The molecule has 0 amide bonds. The van der Waals surface area contributed by atoms with Crippen molar-refractivity contribution in [2.75, 3.05) is 20.3 Å². The van der Waals surface area contributed by atoms with E-state index in [2.05, 4.69) is 18.8 Å². The molecular formula is C18H25ClFNO2S. The highest BCUT2D eigenvalue weighted by molar-refractivity contribution is 7.16. The van der Waals surface area contributed by atoms with Crippen LogP contribution >= 0.6 is 22.9 Å². The Kier molecular flexibility index (Phi) is 9.26. The van der Waals surface area contributed by atoms with E-state index in [4.69, 9.17) is 21.1 Å². The number of rotatable bonds is 7. The number of aromatic nitrogens is 1. The molecule has 0 unspecified atom stereocenters. The lowest BCUT2D eigenvalue weighted by Gasteiger charge is -2.09. The van der Waals surface area contributed by atoms with Gasteiger partial charge in [0.15, 0.2) is 16.0 Å². The summed E-state index contributed by atoms with van der Waals surface area (Å²) in [5.74, 6) is 0.289. The SMILES string of the molecule is CC.COCCOc1ccc(-c2nc(Cl)sc2CC(C)C)cc1F. The molecule has 0 saturated carbocycles. The quantitative estimate of drug-likeness (QED) is 0.570. The van der Waals surface area contributed by atoms with Crippen molar-refractivity contribution < 1.29 is 13.9 Å². The third kappa shape index (κ3) is 6.04. The van der Waals surface area contributed by atoms with Gasteiger partial charge in [0.1, 0.15) is 6.61 Å². The first-order chi connectivity index (χ1) is 11.5. The Bertz CT molecular complexity index is 631. The van der Waals surface area contributed by atoms with Crippen LogP contribution in [0.4, 0.5) is 4.39 Å². The van der Waals surface area contributed by atoms with Crippen molar-refractivity contribution in [2.24, 2.45) is 5.92 Å². The summed E-state index contributed by atoms with van der Waals surface area (Å²) in [6, 6.07) is 4.87. The van der Waals surface area contributed by atoms with Crippen molar-refractivity contribution in [3.8, 4) is 17.0 Å². The minimum Gasteiger partial charge on any atom is -0.488 e. The van der Waals surface area contributed by atoms with Crippen LogP contribution in [-0.4, -0.2) is 25.3 Å². The minimum absolute atomic E-state index is 0.215. The van der Waals surface area contributed by atoms with E-state index in [0.717, 1.165) is 22.6 Å². The Morgan fingerprint density at radius 1 is 1.25 bits per heavy atom. The standard InChI is InChI=1S/C16H19ClFNO2S.C2H6/c1-10(2)8-14-15(19-16(17)22-14)11-4-5-13(12(18)9-11)21-7-6-20-3;1-2/h4-5,9-10H,6-8H2,1-3H3;1-2H3. The zero-order chi connectivity index (χ0) is 18.1. The third-order valence-corrected chi connectivity index (χ3v) is 4.20. The van der Waals surface area contributed by atoms with Crippen LogP contribution in [0, 0.1) is 11.7 Å². The molecule has 3 nitrogen and oxygen atoms in total. The van der Waals surface area contributed by atoms with Gasteiger partial charge in [-0.15, -0.1) is 11.3 Å². The van der Waals surface area contributed by atoms with Gasteiger partial charge in [-0.1, -0.05) is 39.3 Å². The molecule has 0 aliphatic carbocycles. The maximum atomic E-state index is 14.1. The topological polar surface area (TPSA) is 31.4 Å². The van der Waals surface area contributed by atoms with Crippen LogP contribution in [0.3, 0.4) is 0 Å². The van der Waals surface area contributed by atoms with Crippen LogP contribution in [0.1, 0.15) is 32.6 Å². The lowest BCUT2D eigenvalue weighted by molar-refractivity contribution is 0.144. The molecular weight excluding hydrogens is 349 g/mol. The van der Waals surface area contributed by atoms with Gasteiger partial charge in [0.25, 0.3) is 0 Å². The molecule has 2 rings (SSSR count). The summed E-state index contributed by atoms with van der Waals surface area (Å²) < 4.78 is 24.8. The highest BCUT2D eigenvalue weighted by Gasteiger charge is 2.15. The highest BCUT2D eigenvalue weighted by atomic mass is 35.5. The molecule has 6 heteroatoms. The number of hydrogen-bond donors (Lipinski definition) is 0. The Balaban J connectivity index is 0.00000139. The van der Waals surface area contributed by atoms with Gasteiger partial charge in [0.2, 0.25) is 0 Å². The van der Waals surface area contributed by atoms with Crippen molar-refractivity contribution >= 4 is 22.9 Å². The second-order valence-corrected chi connectivity index (χ2v) is 6.99. The number of thiazole rings is 1. The van der Waals surface area contributed by atoms with Crippen LogP contribution in [-0.2, 0) is 11.2 Å². The van der Waals surface area contributed by atoms with Crippen LogP contribution in [0.5, 0.6) is 5.75 Å². The van der Waals surface area contributed by atoms with Gasteiger partial charge >= 0.3 is 0 Å². The lowest BCUT2D eigenvalue weighted by Crippen LogP contribution is -2.05. The first-order valence-electron chi connectivity index (χ1n) is 8.08. The Hall–Kier alpha value is -1.17. The van der Waals surface area contributed by atoms with Gasteiger partial charge < -0.3 is 9.47 Å². The van der Waals surface area contributed by atoms with E-state index in [1.165, 1.54) is 17.4 Å². The number of hydrogen-bond acceptors (Lipinski definition) is 4. The predicted octanol–water partition coefficient (Wildman–Crippen LogP) is 5.85. The number of benzene rings is 1. The van der Waals surface area contributed by atoms with E-state index >= 15 is 0 Å². The summed E-state index contributed by atoms with van der Waals surface area (Å²) in [6.07, 6.45) is 0.868. The van der Waals surface area contributed by atoms with Crippen LogP contribution in [0.25, 0.3) is 11.3 Å². The smallest absolute Gasteiger partial charge is 0.184 e. The van der Waals surface area contributed by atoms with E-state index < -0.39 is 5.82 Å². The predicted molar refractivity (Wildman–Crippen MR) is 99.8 cm³/mol. The molecule has 1 heterocycles. The maximum absolute atomic E-state index is 14.1. The Labute approximate surface area is 152 Å². The summed E-state index contributed by atoms with van der Waals surface area (Å²) >= 11 is 7.48. The van der Waals surface area contributed by atoms with Crippen molar-refractivity contribution in [3.63, 3.8) is 0 Å². The normalized spacial score (nSPS) is 10.5. The average Bonchev–Trinajstić information content (AvgIpc) is 2.90. The van der Waals surface area contributed by atoms with Gasteiger partial charge in [-0.3, -0.25) is 0 Å². The molecule has 0 radical (unpaired) electrons. The molecule has 0 bridgehead atoms. The molecule has 0 aliphatic heterocycles. The molecule has 0 spiro atoms. The van der Waals surface area contributed by atoms with Crippen molar-refractivity contribution in [1.82, 2.24) is 4.98 Å². The van der Waals surface area contributed by atoms with Gasteiger partial charge in [0.05, 0.1) is 12.3 Å². The van der Waals surface area contributed by atoms with Crippen LogP contribution in [0.15, 0.2) is 18.2 Å². The summed E-state index contributed by atoms with van der Waals surface area (Å²) in [6.45, 7) is 8.99. The zero-order valence-electron chi connectivity index (χ0n) is 14.9. The highest BCUT2D eigenvalue weighted by Crippen LogP contribution is 2.34. The minimum atomic E-state index is -0.409. The summed E-state index contributed by atoms with van der Waals surface area (Å²) in [5, 5.41) is 0. The molecule has 0 atom stereocenters. The van der Waals surface area contributed by atoms with Gasteiger partial charge in [-0.05, 0) is 30.5 Å². The maximum Gasteiger partial charge on any atom is 0.184 e. The van der Waals surface area contributed by atoms with Crippen LogP contribution < -0.4 is 4.74 Å². The van der Waals surface area contributed by atoms with E-state index in [1.54, 1.807) is 19.2 Å². The Morgan fingerprint density at radius 3 is 2.54 bits per heavy atom. The molecule has 0 N–H and O–H groups in total. The fourth-order valence-corrected chi connectivity index (χ4v) is 3.44. The molecule has 24 heavy (non-hydrogen) atoms. The number of methoxy groups -OCH3 is 1. The lowest BCUT2D eigenvalue weighted by atomic mass is 10.0. The second kappa shape index (κ2) is 10.6. The monoisotopic (exact) mass is 373 g/mol. The first-order valence-corrected chi connectivity index (χ1v) is 9.27. The number of ether oxygens (including phenoxy) is 2. The second-order valence-electron chi connectivity index (χ2n) is 5.32. The van der Waals surface area contributed by atoms with Gasteiger partial charge in [0, 0.05) is 17.6 Å². The van der Waals surface area contributed by atoms with E-state index in [-0.39, 0.29) is 5.75 Å². The van der Waals surface area contributed by atoms with Gasteiger partial charge in [-0.25, -0.2) is 9.37 Å². The number of halogens is 2. The molecule has 1 aromatic carbocycles. The largest absolute Gasteiger partial charge is 0.488 e. The molecule has 0 saturated heterocycles. The molecule has 0 fully saturated rings. The summed E-state index contributed by atoms with van der Waals surface area (Å²) in [7, 11) is 1.57. The fraction of sp³-hybridized carbons (Fsp3) is 0.500. The van der Waals surface area contributed by atoms with E-state index in [1.807, 2.05) is 13.8 Å². The average molecular weight is 374 g/mol. The summed E-state index contributed by atoms with van der Waals surface area (Å²) in [4.78, 5) is 5.41. The Morgan fingerprint density at radius 2 is 1.96 bits per heavy atom. The molecule has 2 aromatic rings. The molecule has 1 aromatic heterocycles. The van der Waals surface area contributed by atoms with Gasteiger partial charge in [-0.2, -0.15) is 0 Å². The third-order valence-electron chi connectivity index (χ3n) is 3.02. The van der Waals surface area contributed by atoms with E-state index in [0.29, 0.717) is 23.6 Å². The number of nitrogens with zero attached hydrogens (tertiary/aromatic N) is 1. The fourth-order valence-electron chi connectivity index (χ4n) is 2.06. The zero-order valence-corrected chi connectivity index (χ0v) is 16.4. The first kappa shape index (κ1) is 20.9. The molecule has 0 aliphatic rings. The summed E-state index contributed by atoms with van der Waals surface area (Å²) in [5.41, 5.74) is 1.47. The molecule has 134 valence electrons. The van der Waals surface area contributed by atoms with Crippen molar-refractivity contribution in [1.29, 1.82) is 0 Å². The van der Waals surface area contributed by atoms with Crippen molar-refractivity contribution in [2.45, 2.75) is 34.1 Å². The van der Waals surface area contributed by atoms with E-state index in [9.17, 15) is 4.39 Å².